The van der Waals surface area contributed by atoms with Gasteiger partial charge in [0.15, 0.2) is 12.4 Å². The summed E-state index contributed by atoms with van der Waals surface area (Å²) in [5.74, 6) is 0.783. The molecule has 1 unspecified atom stereocenters. The quantitative estimate of drug-likeness (QED) is 0.462. The van der Waals surface area contributed by atoms with E-state index in [1.165, 1.54) is 65.9 Å². The third kappa shape index (κ3) is 4.38. The van der Waals surface area contributed by atoms with E-state index >= 15 is 0 Å². The summed E-state index contributed by atoms with van der Waals surface area (Å²) in [4.78, 5) is 26.7. The Kier molecular flexibility index (Phi) is 5.96. The average molecular weight is 397 g/mol. The van der Waals surface area contributed by atoms with Crippen LogP contribution < -0.4 is 0 Å². The van der Waals surface area contributed by atoms with Crippen LogP contribution in [0.3, 0.4) is 0 Å². The smallest absolute Gasteiger partial charge is 0.348 e. The molecule has 2 aliphatic carbocycles. The van der Waals surface area contributed by atoms with Crippen LogP contribution in [-0.4, -0.2) is 18.4 Å². The van der Waals surface area contributed by atoms with Gasteiger partial charge in [-0.1, -0.05) is 50.5 Å². The molecule has 1 aromatic heterocycles. The van der Waals surface area contributed by atoms with Crippen LogP contribution in [0.5, 0.6) is 0 Å². The van der Waals surface area contributed by atoms with E-state index in [1.807, 2.05) is 18.2 Å². The van der Waals surface area contributed by atoms with Crippen molar-refractivity contribution in [1.82, 2.24) is 0 Å². The molecule has 0 amide bonds. The summed E-state index contributed by atoms with van der Waals surface area (Å²) in [7, 11) is 0. The lowest BCUT2D eigenvalue weighted by Crippen LogP contribution is -2.14. The van der Waals surface area contributed by atoms with Gasteiger partial charge in [-0.15, -0.1) is 11.3 Å². The van der Waals surface area contributed by atoms with Crippen LogP contribution in [0.1, 0.15) is 87.4 Å². The highest BCUT2D eigenvalue weighted by atomic mass is 32.1. The summed E-state index contributed by atoms with van der Waals surface area (Å²) < 4.78 is 5.32. The van der Waals surface area contributed by atoms with Crippen LogP contribution in [0.2, 0.25) is 0 Å². The fourth-order valence-electron chi connectivity index (χ4n) is 4.47. The topological polar surface area (TPSA) is 43.4 Å². The zero-order valence-electron chi connectivity index (χ0n) is 16.5. The maximum absolute atomic E-state index is 12.4. The molecule has 0 bridgehead atoms. The number of rotatable bonds is 5. The number of carbonyl (C=O) groups excluding carboxylic acids is 2. The van der Waals surface area contributed by atoms with Crippen LogP contribution in [-0.2, 0) is 17.6 Å². The molecule has 1 saturated carbocycles. The van der Waals surface area contributed by atoms with Crippen LogP contribution in [0.25, 0.3) is 0 Å². The maximum Gasteiger partial charge on any atom is 0.348 e. The monoisotopic (exact) mass is 396 g/mol. The predicted octanol–water partition coefficient (Wildman–Crippen LogP) is 5.96. The minimum absolute atomic E-state index is 0.140. The van der Waals surface area contributed by atoms with Crippen molar-refractivity contribution in [2.24, 2.45) is 5.92 Å². The SMILES string of the molecule is CC1CCc2sc(C(=O)OCC(=O)c3ccc(C4CCCCC4)cc3)cc2C1. The molecule has 1 aromatic carbocycles. The lowest BCUT2D eigenvalue weighted by Gasteiger charge is -2.22. The Labute approximate surface area is 171 Å². The van der Waals surface area contributed by atoms with Crippen molar-refractivity contribution in [2.45, 2.75) is 64.2 Å². The van der Waals surface area contributed by atoms with Crippen molar-refractivity contribution in [3.8, 4) is 0 Å². The molecule has 148 valence electrons. The number of hydrogen-bond donors (Lipinski definition) is 0. The second kappa shape index (κ2) is 8.60. The van der Waals surface area contributed by atoms with Gasteiger partial charge in [0.25, 0.3) is 0 Å². The lowest BCUT2D eigenvalue weighted by atomic mass is 9.84. The largest absolute Gasteiger partial charge is 0.453 e. The number of benzene rings is 1. The fraction of sp³-hybridized carbons (Fsp3) is 0.500. The summed E-state index contributed by atoms with van der Waals surface area (Å²) >= 11 is 1.52. The van der Waals surface area contributed by atoms with Crippen LogP contribution in [0, 0.1) is 5.92 Å². The van der Waals surface area contributed by atoms with E-state index in [4.69, 9.17) is 4.74 Å². The number of aryl methyl sites for hydroxylation is 1. The Morgan fingerprint density at radius 2 is 1.82 bits per heavy atom. The second-order valence-electron chi connectivity index (χ2n) is 8.36. The second-order valence-corrected chi connectivity index (χ2v) is 9.50. The molecule has 1 fully saturated rings. The number of ether oxygens (including phenoxy) is 1. The molecule has 4 heteroatoms. The van der Waals surface area contributed by atoms with E-state index < -0.39 is 0 Å². The predicted molar refractivity (Wildman–Crippen MR) is 112 cm³/mol. The minimum atomic E-state index is -0.376. The van der Waals surface area contributed by atoms with Gasteiger partial charge in [-0.2, -0.15) is 0 Å². The molecule has 1 heterocycles. The molecule has 2 aromatic rings. The summed E-state index contributed by atoms with van der Waals surface area (Å²) in [5, 5.41) is 0. The molecule has 3 nitrogen and oxygen atoms in total. The number of fused-ring (bicyclic) bond motifs is 1. The molecule has 1 atom stereocenters. The molecule has 0 saturated heterocycles. The number of ketones is 1. The van der Waals surface area contributed by atoms with Gasteiger partial charge in [-0.3, -0.25) is 4.79 Å². The minimum Gasteiger partial charge on any atom is -0.453 e. The highest BCUT2D eigenvalue weighted by Gasteiger charge is 2.22. The van der Waals surface area contributed by atoms with Crippen molar-refractivity contribution in [3.63, 3.8) is 0 Å². The Morgan fingerprint density at radius 3 is 2.57 bits per heavy atom. The Hall–Kier alpha value is -1.94. The van der Waals surface area contributed by atoms with Gasteiger partial charge in [0, 0.05) is 10.4 Å². The van der Waals surface area contributed by atoms with Gasteiger partial charge < -0.3 is 4.74 Å². The Morgan fingerprint density at radius 1 is 1.07 bits per heavy atom. The standard InChI is InChI=1S/C24H28O3S/c1-16-7-12-22-20(13-16)14-23(28-22)24(26)27-15-21(25)19-10-8-18(9-11-19)17-5-3-2-4-6-17/h8-11,14,16-17H,2-7,12-13,15H2,1H3. The zero-order valence-corrected chi connectivity index (χ0v) is 17.4. The fourth-order valence-corrected chi connectivity index (χ4v) is 5.57. The van der Waals surface area contributed by atoms with Crippen molar-refractivity contribution in [3.05, 3.63) is 56.8 Å². The number of thiophene rings is 1. The number of carbonyl (C=O) groups is 2. The van der Waals surface area contributed by atoms with Gasteiger partial charge in [0.05, 0.1) is 0 Å². The highest BCUT2D eigenvalue weighted by Crippen LogP contribution is 2.33. The molecule has 4 rings (SSSR count). The van der Waals surface area contributed by atoms with Gasteiger partial charge in [0.2, 0.25) is 0 Å². The Bertz CT molecular complexity index is 843. The Balaban J connectivity index is 1.33. The van der Waals surface area contributed by atoms with E-state index in [9.17, 15) is 9.59 Å². The van der Waals surface area contributed by atoms with Crippen LogP contribution >= 0.6 is 11.3 Å². The number of hydrogen-bond acceptors (Lipinski definition) is 4. The van der Waals surface area contributed by atoms with Crippen molar-refractivity contribution >= 4 is 23.1 Å². The third-order valence-corrected chi connectivity index (χ3v) is 7.39. The van der Waals surface area contributed by atoms with E-state index in [-0.39, 0.29) is 18.4 Å². The number of Topliss-reactive ketones (excluding diaryl/α,β-unsaturated/α-hetero) is 1. The van der Waals surface area contributed by atoms with Gasteiger partial charge in [-0.25, -0.2) is 4.79 Å². The van der Waals surface area contributed by atoms with E-state index in [0.717, 1.165) is 12.8 Å². The molecular weight excluding hydrogens is 368 g/mol. The molecule has 0 spiro atoms. The summed E-state index contributed by atoms with van der Waals surface area (Å²) in [5.41, 5.74) is 3.22. The molecule has 0 radical (unpaired) electrons. The normalized spacial score (nSPS) is 19.8. The molecular formula is C24H28O3S. The van der Waals surface area contributed by atoms with Crippen molar-refractivity contribution in [2.75, 3.05) is 6.61 Å². The highest BCUT2D eigenvalue weighted by molar-refractivity contribution is 7.14. The van der Waals surface area contributed by atoms with Crippen LogP contribution in [0.15, 0.2) is 30.3 Å². The van der Waals surface area contributed by atoms with E-state index in [2.05, 4.69) is 19.1 Å². The van der Waals surface area contributed by atoms with Gasteiger partial charge >= 0.3 is 5.97 Å². The van der Waals surface area contributed by atoms with E-state index in [1.54, 1.807) is 0 Å². The zero-order chi connectivity index (χ0) is 19.5. The van der Waals surface area contributed by atoms with Crippen molar-refractivity contribution in [1.29, 1.82) is 0 Å². The summed E-state index contributed by atoms with van der Waals surface area (Å²) in [6.45, 7) is 2.05. The first-order valence-electron chi connectivity index (χ1n) is 10.5. The van der Waals surface area contributed by atoms with Gasteiger partial charge in [-0.05, 0) is 61.1 Å². The molecule has 2 aliphatic rings. The van der Waals surface area contributed by atoms with Crippen molar-refractivity contribution < 1.29 is 14.3 Å². The lowest BCUT2D eigenvalue weighted by molar-refractivity contribution is 0.0479. The first-order valence-corrected chi connectivity index (χ1v) is 11.3. The maximum atomic E-state index is 12.4. The summed E-state index contributed by atoms with van der Waals surface area (Å²) in [6.07, 6.45) is 9.68. The molecule has 0 aliphatic heterocycles. The van der Waals surface area contributed by atoms with E-state index in [0.29, 0.717) is 22.3 Å². The molecule has 0 N–H and O–H groups in total. The molecule has 28 heavy (non-hydrogen) atoms. The first-order chi connectivity index (χ1) is 13.6. The third-order valence-electron chi connectivity index (χ3n) is 6.17. The van der Waals surface area contributed by atoms with Crippen LogP contribution in [0.4, 0.5) is 0 Å². The summed E-state index contributed by atoms with van der Waals surface area (Å²) in [6, 6.07) is 9.86. The number of esters is 1. The first kappa shape index (κ1) is 19.4. The van der Waals surface area contributed by atoms with Gasteiger partial charge in [0.1, 0.15) is 4.88 Å². The average Bonchev–Trinajstić information content (AvgIpc) is 3.16.